The van der Waals surface area contributed by atoms with Crippen molar-refractivity contribution in [1.29, 1.82) is 0 Å². The number of nitrogens with zero attached hydrogens (tertiary/aromatic N) is 1. The van der Waals surface area contributed by atoms with Crippen LogP contribution < -0.4 is 5.32 Å². The van der Waals surface area contributed by atoms with E-state index in [1.807, 2.05) is 4.90 Å². The van der Waals surface area contributed by atoms with Gasteiger partial charge in [-0.25, -0.2) is 0 Å². The van der Waals surface area contributed by atoms with E-state index in [2.05, 4.69) is 5.32 Å². The molecule has 2 atom stereocenters. The summed E-state index contributed by atoms with van der Waals surface area (Å²) in [4.78, 5) is 26.2. The van der Waals surface area contributed by atoms with Crippen LogP contribution in [-0.4, -0.2) is 42.8 Å². The molecule has 3 heterocycles. The molecule has 0 saturated carbocycles. The minimum absolute atomic E-state index is 0.0292. The normalized spacial score (nSPS) is 26.4. The van der Waals surface area contributed by atoms with Crippen molar-refractivity contribution in [3.8, 4) is 0 Å². The molecular weight excluding hydrogens is 248 g/mol. The first-order valence-corrected chi connectivity index (χ1v) is 7.12. The molecule has 3 rings (SSSR count). The van der Waals surface area contributed by atoms with Gasteiger partial charge in [0.25, 0.3) is 5.91 Å². The second kappa shape index (κ2) is 4.48. The number of hydrogen-bond donors (Lipinski definition) is 1. The van der Waals surface area contributed by atoms with Crippen molar-refractivity contribution in [3.63, 3.8) is 0 Å². The number of carbonyl (C=O) groups is 2. The highest BCUT2D eigenvalue weighted by Crippen LogP contribution is 2.28. The van der Waals surface area contributed by atoms with Crippen LogP contribution in [0.2, 0.25) is 0 Å². The maximum absolute atomic E-state index is 12.3. The van der Waals surface area contributed by atoms with Gasteiger partial charge in [-0.3, -0.25) is 9.59 Å². The molecule has 96 valence electrons. The molecule has 1 amide bonds. The summed E-state index contributed by atoms with van der Waals surface area (Å²) in [5, 5.41) is 5.16. The average molecular weight is 264 g/mol. The molecule has 0 unspecified atom stereocenters. The van der Waals surface area contributed by atoms with E-state index in [1.165, 1.54) is 18.3 Å². The lowest BCUT2D eigenvalue weighted by atomic mass is 10.0. The SMILES string of the molecule is CC(=O)c1cc(C(=O)N2C[C@H]3CNC[C@H]3C2)cs1. The van der Waals surface area contributed by atoms with Gasteiger partial charge in [-0.1, -0.05) is 0 Å². The fraction of sp³-hybridized carbons (Fsp3) is 0.538. The monoisotopic (exact) mass is 264 g/mol. The van der Waals surface area contributed by atoms with Crippen LogP contribution in [0.1, 0.15) is 27.0 Å². The lowest BCUT2D eigenvalue weighted by Gasteiger charge is -2.16. The third kappa shape index (κ3) is 1.97. The van der Waals surface area contributed by atoms with Crippen LogP contribution in [0.3, 0.4) is 0 Å². The summed E-state index contributed by atoms with van der Waals surface area (Å²) in [7, 11) is 0. The summed E-state index contributed by atoms with van der Waals surface area (Å²) in [5.74, 6) is 1.33. The van der Waals surface area contributed by atoms with Crippen LogP contribution in [0.25, 0.3) is 0 Å². The molecule has 5 heteroatoms. The van der Waals surface area contributed by atoms with Gasteiger partial charge >= 0.3 is 0 Å². The van der Waals surface area contributed by atoms with E-state index in [9.17, 15) is 9.59 Å². The van der Waals surface area contributed by atoms with Gasteiger partial charge < -0.3 is 10.2 Å². The van der Waals surface area contributed by atoms with E-state index in [4.69, 9.17) is 0 Å². The Bertz CT molecular complexity index is 485. The predicted octanol–water partition coefficient (Wildman–Crippen LogP) is 1.24. The number of nitrogens with one attached hydrogen (secondary N) is 1. The second-order valence-electron chi connectivity index (χ2n) is 5.14. The van der Waals surface area contributed by atoms with Crippen molar-refractivity contribution in [2.45, 2.75) is 6.92 Å². The van der Waals surface area contributed by atoms with Gasteiger partial charge in [0.2, 0.25) is 0 Å². The van der Waals surface area contributed by atoms with Crippen LogP contribution in [0.15, 0.2) is 11.4 Å². The first kappa shape index (κ1) is 11.9. The van der Waals surface area contributed by atoms with Gasteiger partial charge in [0, 0.05) is 31.6 Å². The third-order valence-corrected chi connectivity index (χ3v) is 4.90. The number of fused-ring (bicyclic) bond motifs is 1. The first-order valence-electron chi connectivity index (χ1n) is 6.24. The zero-order valence-electron chi connectivity index (χ0n) is 10.3. The highest BCUT2D eigenvalue weighted by atomic mass is 32.1. The Morgan fingerprint density at radius 1 is 1.33 bits per heavy atom. The van der Waals surface area contributed by atoms with E-state index >= 15 is 0 Å². The van der Waals surface area contributed by atoms with Crippen LogP contribution in [0, 0.1) is 11.8 Å². The highest BCUT2D eigenvalue weighted by Gasteiger charge is 2.38. The Morgan fingerprint density at radius 2 is 2.00 bits per heavy atom. The maximum Gasteiger partial charge on any atom is 0.254 e. The largest absolute Gasteiger partial charge is 0.338 e. The number of Topliss-reactive ketones (excluding diaryl/α,β-unsaturated/α-hetero) is 1. The van der Waals surface area contributed by atoms with E-state index in [-0.39, 0.29) is 11.7 Å². The minimum Gasteiger partial charge on any atom is -0.338 e. The van der Waals surface area contributed by atoms with E-state index in [1.54, 1.807) is 11.4 Å². The minimum atomic E-state index is 0.0292. The molecule has 2 aliphatic rings. The fourth-order valence-electron chi connectivity index (χ4n) is 2.84. The van der Waals surface area contributed by atoms with Crippen molar-refractivity contribution >= 4 is 23.0 Å². The second-order valence-corrected chi connectivity index (χ2v) is 6.06. The Morgan fingerprint density at radius 3 is 2.56 bits per heavy atom. The van der Waals surface area contributed by atoms with E-state index in [0.717, 1.165) is 26.2 Å². The van der Waals surface area contributed by atoms with Crippen molar-refractivity contribution in [2.75, 3.05) is 26.2 Å². The van der Waals surface area contributed by atoms with Crippen molar-refractivity contribution in [2.24, 2.45) is 11.8 Å². The molecule has 0 radical (unpaired) electrons. The molecule has 1 aromatic heterocycles. The summed E-state index contributed by atoms with van der Waals surface area (Å²) in [6.45, 7) is 5.28. The van der Waals surface area contributed by atoms with Crippen molar-refractivity contribution < 1.29 is 9.59 Å². The molecule has 0 aliphatic carbocycles. The molecule has 4 nitrogen and oxygen atoms in total. The van der Waals surface area contributed by atoms with Crippen molar-refractivity contribution in [1.82, 2.24) is 10.2 Å². The number of thiophene rings is 1. The highest BCUT2D eigenvalue weighted by molar-refractivity contribution is 7.12. The number of rotatable bonds is 2. The topological polar surface area (TPSA) is 49.4 Å². The zero-order valence-corrected chi connectivity index (χ0v) is 11.1. The van der Waals surface area contributed by atoms with Crippen LogP contribution in [-0.2, 0) is 0 Å². The van der Waals surface area contributed by atoms with Gasteiger partial charge in [-0.05, 0) is 24.8 Å². The quantitative estimate of drug-likeness (QED) is 0.818. The van der Waals surface area contributed by atoms with Gasteiger partial charge in [-0.2, -0.15) is 0 Å². The summed E-state index contributed by atoms with van der Waals surface area (Å²) in [6.07, 6.45) is 0. The standard InChI is InChI=1S/C13H16N2O2S/c1-8(16)12-2-9(7-18-12)13(17)15-5-10-3-14-4-11(10)6-15/h2,7,10-11,14H,3-6H2,1H3/t10-,11+. The smallest absolute Gasteiger partial charge is 0.254 e. The zero-order chi connectivity index (χ0) is 12.7. The van der Waals surface area contributed by atoms with Crippen LogP contribution in [0.4, 0.5) is 0 Å². The van der Waals surface area contributed by atoms with Crippen LogP contribution in [0.5, 0.6) is 0 Å². The molecule has 0 bridgehead atoms. The molecular formula is C13H16N2O2S. The fourth-order valence-corrected chi connectivity index (χ4v) is 3.62. The summed E-state index contributed by atoms with van der Waals surface area (Å²) in [6, 6.07) is 1.72. The number of hydrogen-bond acceptors (Lipinski definition) is 4. The molecule has 1 N–H and O–H groups in total. The molecule has 2 aliphatic heterocycles. The van der Waals surface area contributed by atoms with E-state index < -0.39 is 0 Å². The molecule has 2 saturated heterocycles. The Hall–Kier alpha value is -1.20. The predicted molar refractivity (Wildman–Crippen MR) is 70.1 cm³/mol. The molecule has 1 aromatic rings. The van der Waals surface area contributed by atoms with Gasteiger partial charge in [0.1, 0.15) is 0 Å². The molecule has 0 aromatic carbocycles. The van der Waals surface area contributed by atoms with Gasteiger partial charge in [0.05, 0.1) is 10.4 Å². The summed E-state index contributed by atoms with van der Waals surface area (Å²) >= 11 is 1.36. The Kier molecular flexibility index (Phi) is 2.95. The Balaban J connectivity index is 1.72. The lowest BCUT2D eigenvalue weighted by Crippen LogP contribution is -2.31. The van der Waals surface area contributed by atoms with Crippen LogP contribution >= 0.6 is 11.3 Å². The number of carbonyl (C=O) groups excluding carboxylic acids is 2. The number of amides is 1. The Labute approximate surface area is 110 Å². The lowest BCUT2D eigenvalue weighted by molar-refractivity contribution is 0.0782. The van der Waals surface area contributed by atoms with E-state index in [0.29, 0.717) is 22.3 Å². The van der Waals surface area contributed by atoms with Gasteiger partial charge in [0.15, 0.2) is 5.78 Å². The summed E-state index contributed by atoms with van der Waals surface area (Å²) < 4.78 is 0. The maximum atomic E-state index is 12.3. The molecule has 0 spiro atoms. The van der Waals surface area contributed by atoms with Gasteiger partial charge in [-0.15, -0.1) is 11.3 Å². The molecule has 2 fully saturated rings. The van der Waals surface area contributed by atoms with Crippen molar-refractivity contribution in [3.05, 3.63) is 21.9 Å². The average Bonchev–Trinajstić information content (AvgIpc) is 3.02. The molecule has 18 heavy (non-hydrogen) atoms. The summed E-state index contributed by atoms with van der Waals surface area (Å²) in [5.41, 5.74) is 0.665. The number of likely N-dealkylation sites (tertiary alicyclic amines) is 1. The first-order chi connectivity index (χ1) is 8.65. The number of ketones is 1. The third-order valence-electron chi connectivity index (χ3n) is 3.87.